The number of rotatable bonds is 6. The lowest BCUT2D eigenvalue weighted by Crippen LogP contribution is -2.44. The van der Waals surface area contributed by atoms with Gasteiger partial charge in [-0.2, -0.15) is 0 Å². The van der Waals surface area contributed by atoms with Crippen LogP contribution in [0.5, 0.6) is 0 Å². The maximum absolute atomic E-state index is 9.52. The van der Waals surface area contributed by atoms with Crippen molar-refractivity contribution in [2.45, 2.75) is 12.5 Å². The molecule has 1 aromatic rings. The lowest BCUT2D eigenvalue weighted by molar-refractivity contribution is 0.148. The summed E-state index contributed by atoms with van der Waals surface area (Å²) in [6.45, 7) is 3.10. The first-order valence-electron chi connectivity index (χ1n) is 5.34. The Hall–Kier alpha value is -0.320. The molecule has 0 saturated heterocycles. The molecule has 0 fully saturated rings. The van der Waals surface area contributed by atoms with Crippen LogP contribution in [-0.4, -0.2) is 32.0 Å². The number of ether oxygens (including phenoxy) is 1. The minimum Gasteiger partial charge on any atom is -0.394 e. The molecule has 0 aliphatic heterocycles. The molecular formula is C12H17Cl2NO2. The third-order valence-electron chi connectivity index (χ3n) is 2.69. The molecule has 96 valence electrons. The Morgan fingerprint density at radius 2 is 2.06 bits per heavy atom. The summed E-state index contributed by atoms with van der Waals surface area (Å²) in [5.74, 6) is 0. The Bertz CT molecular complexity index is 374. The number of hydrogen-bond acceptors (Lipinski definition) is 3. The Morgan fingerprint density at radius 1 is 1.35 bits per heavy atom. The van der Waals surface area contributed by atoms with E-state index < -0.39 is 5.54 Å². The predicted octanol–water partition coefficient (Wildman–Crippen LogP) is 2.44. The van der Waals surface area contributed by atoms with Gasteiger partial charge in [0.1, 0.15) is 0 Å². The van der Waals surface area contributed by atoms with Crippen molar-refractivity contribution < 1.29 is 9.84 Å². The van der Waals surface area contributed by atoms with Crippen molar-refractivity contribution in [2.24, 2.45) is 0 Å². The molecular weight excluding hydrogens is 261 g/mol. The summed E-state index contributed by atoms with van der Waals surface area (Å²) in [6.07, 6.45) is 0. The van der Waals surface area contributed by atoms with Crippen molar-refractivity contribution >= 4 is 23.2 Å². The standard InChI is InChI=1S/C12H17Cl2NO2/c1-12(8-16,15-5-6-17-2)9-3-4-10(13)11(14)7-9/h3-4,7,15-16H,5-6,8H2,1-2H3. The smallest absolute Gasteiger partial charge is 0.0652 e. The molecule has 0 aliphatic carbocycles. The molecule has 0 radical (unpaired) electrons. The zero-order valence-electron chi connectivity index (χ0n) is 9.96. The molecule has 0 heterocycles. The molecule has 2 N–H and O–H groups in total. The van der Waals surface area contributed by atoms with Gasteiger partial charge in [-0.1, -0.05) is 29.3 Å². The van der Waals surface area contributed by atoms with Crippen molar-refractivity contribution in [1.29, 1.82) is 0 Å². The van der Waals surface area contributed by atoms with Crippen LogP contribution in [0, 0.1) is 0 Å². The molecule has 0 bridgehead atoms. The van der Waals surface area contributed by atoms with Crippen molar-refractivity contribution in [1.82, 2.24) is 5.32 Å². The molecule has 1 aromatic carbocycles. The largest absolute Gasteiger partial charge is 0.394 e. The first kappa shape index (κ1) is 14.7. The minimum absolute atomic E-state index is 0.0331. The van der Waals surface area contributed by atoms with Gasteiger partial charge in [0.05, 0.1) is 28.8 Å². The van der Waals surface area contributed by atoms with E-state index in [1.54, 1.807) is 19.2 Å². The fourth-order valence-electron chi connectivity index (χ4n) is 1.52. The van der Waals surface area contributed by atoms with Gasteiger partial charge >= 0.3 is 0 Å². The summed E-state index contributed by atoms with van der Waals surface area (Å²) in [5.41, 5.74) is 0.345. The van der Waals surface area contributed by atoms with Gasteiger partial charge in [0.25, 0.3) is 0 Å². The summed E-state index contributed by atoms with van der Waals surface area (Å²) in [7, 11) is 1.64. The first-order valence-corrected chi connectivity index (χ1v) is 6.09. The summed E-state index contributed by atoms with van der Waals surface area (Å²) < 4.78 is 4.97. The SMILES string of the molecule is COCCNC(C)(CO)c1ccc(Cl)c(Cl)c1. The number of methoxy groups -OCH3 is 1. The van der Waals surface area contributed by atoms with Crippen molar-refractivity contribution in [3.63, 3.8) is 0 Å². The highest BCUT2D eigenvalue weighted by molar-refractivity contribution is 6.42. The van der Waals surface area contributed by atoms with E-state index in [0.29, 0.717) is 23.2 Å². The average molecular weight is 278 g/mol. The lowest BCUT2D eigenvalue weighted by Gasteiger charge is -2.29. The molecule has 17 heavy (non-hydrogen) atoms. The van der Waals surface area contributed by atoms with E-state index in [-0.39, 0.29) is 6.61 Å². The molecule has 5 heteroatoms. The minimum atomic E-state index is -0.549. The zero-order valence-corrected chi connectivity index (χ0v) is 11.5. The second-order valence-corrected chi connectivity index (χ2v) is 4.85. The van der Waals surface area contributed by atoms with E-state index in [1.165, 1.54) is 0 Å². The molecule has 0 aromatic heterocycles. The fraction of sp³-hybridized carbons (Fsp3) is 0.500. The number of aliphatic hydroxyl groups excluding tert-OH is 1. The van der Waals surface area contributed by atoms with Crippen LogP contribution in [0.4, 0.5) is 0 Å². The van der Waals surface area contributed by atoms with Crippen molar-refractivity contribution in [3.8, 4) is 0 Å². The predicted molar refractivity (Wildman–Crippen MR) is 70.8 cm³/mol. The Kier molecular flexibility index (Phi) is 5.70. The van der Waals surface area contributed by atoms with Crippen LogP contribution in [0.25, 0.3) is 0 Å². The lowest BCUT2D eigenvalue weighted by atomic mass is 9.93. The first-order chi connectivity index (χ1) is 8.03. The molecule has 1 unspecified atom stereocenters. The fourth-order valence-corrected chi connectivity index (χ4v) is 1.82. The number of nitrogens with one attached hydrogen (secondary N) is 1. The van der Waals surface area contributed by atoms with E-state index in [2.05, 4.69) is 5.32 Å². The molecule has 0 spiro atoms. The van der Waals surface area contributed by atoms with E-state index in [1.807, 2.05) is 13.0 Å². The molecule has 1 atom stereocenters. The molecule has 0 saturated carbocycles. The Balaban J connectivity index is 2.87. The zero-order chi connectivity index (χ0) is 12.9. The Labute approximate surface area is 112 Å². The summed E-state index contributed by atoms with van der Waals surface area (Å²) >= 11 is 11.8. The maximum atomic E-state index is 9.52. The van der Waals surface area contributed by atoms with Crippen LogP contribution in [-0.2, 0) is 10.3 Å². The van der Waals surface area contributed by atoms with Crippen LogP contribution < -0.4 is 5.32 Å². The Morgan fingerprint density at radius 3 is 2.59 bits per heavy atom. The average Bonchev–Trinajstić information content (AvgIpc) is 2.32. The van der Waals surface area contributed by atoms with Gasteiger partial charge < -0.3 is 15.2 Å². The van der Waals surface area contributed by atoms with Crippen LogP contribution in [0.2, 0.25) is 10.0 Å². The topological polar surface area (TPSA) is 41.5 Å². The van der Waals surface area contributed by atoms with Crippen LogP contribution in [0.1, 0.15) is 12.5 Å². The second-order valence-electron chi connectivity index (χ2n) is 4.04. The number of hydrogen-bond donors (Lipinski definition) is 2. The van der Waals surface area contributed by atoms with E-state index in [4.69, 9.17) is 27.9 Å². The van der Waals surface area contributed by atoms with E-state index in [9.17, 15) is 5.11 Å². The van der Waals surface area contributed by atoms with Crippen molar-refractivity contribution in [3.05, 3.63) is 33.8 Å². The molecule has 0 aliphatic rings. The molecule has 3 nitrogen and oxygen atoms in total. The summed E-state index contributed by atoms with van der Waals surface area (Å²) in [5, 5.41) is 13.7. The number of halogens is 2. The monoisotopic (exact) mass is 277 g/mol. The van der Waals surface area contributed by atoms with Gasteiger partial charge in [0.2, 0.25) is 0 Å². The van der Waals surface area contributed by atoms with Gasteiger partial charge in [0, 0.05) is 13.7 Å². The summed E-state index contributed by atoms with van der Waals surface area (Å²) in [4.78, 5) is 0. The quantitative estimate of drug-likeness (QED) is 0.785. The van der Waals surface area contributed by atoms with Gasteiger partial charge in [0.15, 0.2) is 0 Å². The molecule has 1 rings (SSSR count). The van der Waals surface area contributed by atoms with Crippen LogP contribution in [0.3, 0.4) is 0 Å². The third kappa shape index (κ3) is 3.83. The van der Waals surface area contributed by atoms with Gasteiger partial charge in [-0.3, -0.25) is 0 Å². The summed E-state index contributed by atoms with van der Waals surface area (Å²) in [6, 6.07) is 5.34. The van der Waals surface area contributed by atoms with Gasteiger partial charge in [-0.25, -0.2) is 0 Å². The highest BCUT2D eigenvalue weighted by Gasteiger charge is 2.25. The normalized spacial score (nSPS) is 14.6. The third-order valence-corrected chi connectivity index (χ3v) is 3.43. The number of benzene rings is 1. The second kappa shape index (κ2) is 6.57. The highest BCUT2D eigenvalue weighted by atomic mass is 35.5. The van der Waals surface area contributed by atoms with Crippen LogP contribution in [0.15, 0.2) is 18.2 Å². The van der Waals surface area contributed by atoms with Gasteiger partial charge in [-0.05, 0) is 24.6 Å². The van der Waals surface area contributed by atoms with E-state index >= 15 is 0 Å². The highest BCUT2D eigenvalue weighted by Crippen LogP contribution is 2.28. The molecule has 0 amide bonds. The number of aliphatic hydroxyl groups is 1. The van der Waals surface area contributed by atoms with E-state index in [0.717, 1.165) is 5.56 Å². The van der Waals surface area contributed by atoms with Crippen LogP contribution >= 0.6 is 23.2 Å². The van der Waals surface area contributed by atoms with Gasteiger partial charge in [-0.15, -0.1) is 0 Å². The van der Waals surface area contributed by atoms with Crippen molar-refractivity contribution in [2.75, 3.05) is 26.9 Å². The maximum Gasteiger partial charge on any atom is 0.0652 e.